The van der Waals surface area contributed by atoms with Crippen LogP contribution < -0.4 is 15.6 Å². The molecule has 2 aromatic carbocycles. The van der Waals surface area contributed by atoms with Crippen molar-refractivity contribution in [3.63, 3.8) is 0 Å². The van der Waals surface area contributed by atoms with Crippen molar-refractivity contribution < 1.29 is 18.7 Å². The quantitative estimate of drug-likeness (QED) is 0.556. The number of carbonyl (C=O) groups is 2. The highest BCUT2D eigenvalue weighted by atomic mass is 32.2. The van der Waals surface area contributed by atoms with E-state index in [1.165, 1.54) is 16.0 Å². The zero-order valence-corrected chi connectivity index (χ0v) is 17.3. The van der Waals surface area contributed by atoms with Gasteiger partial charge in [-0.2, -0.15) is 0 Å². The van der Waals surface area contributed by atoms with E-state index in [1.807, 2.05) is 30.5 Å². The maximum atomic E-state index is 14.7. The summed E-state index contributed by atoms with van der Waals surface area (Å²) < 4.78 is 20.0. The molecular weight excluding hydrogens is 395 g/mol. The van der Waals surface area contributed by atoms with Gasteiger partial charge in [-0.05, 0) is 42.2 Å². The lowest BCUT2D eigenvalue weighted by Crippen LogP contribution is -2.46. The SMILES string of the molecule is CSc1ccc(-c2ccc(N3CC(CNC(=O)NN(C)C)OC3=O)cc2F)cc1. The highest BCUT2D eigenvalue weighted by Crippen LogP contribution is 2.30. The van der Waals surface area contributed by atoms with Crippen LogP contribution in [0.15, 0.2) is 47.4 Å². The predicted octanol–water partition coefficient (Wildman–Crippen LogP) is 3.32. The van der Waals surface area contributed by atoms with E-state index in [9.17, 15) is 14.0 Å². The first-order valence-electron chi connectivity index (χ1n) is 9.01. The van der Waals surface area contributed by atoms with Crippen molar-refractivity contribution in [2.24, 2.45) is 0 Å². The number of urea groups is 1. The second kappa shape index (κ2) is 9.15. The number of hydrogen-bond donors (Lipinski definition) is 2. The largest absolute Gasteiger partial charge is 0.442 e. The molecule has 1 aliphatic rings. The van der Waals surface area contributed by atoms with Crippen molar-refractivity contribution in [1.82, 2.24) is 15.8 Å². The normalized spacial score (nSPS) is 16.1. The number of hydrazine groups is 1. The maximum Gasteiger partial charge on any atom is 0.414 e. The van der Waals surface area contributed by atoms with Crippen LogP contribution in [0.4, 0.5) is 19.7 Å². The summed E-state index contributed by atoms with van der Waals surface area (Å²) in [6.45, 7) is 0.382. The number of nitrogens with zero attached hydrogens (tertiary/aromatic N) is 2. The zero-order chi connectivity index (χ0) is 21.0. The fraction of sp³-hybridized carbons (Fsp3) is 0.300. The van der Waals surface area contributed by atoms with E-state index in [0.717, 1.165) is 10.5 Å². The van der Waals surface area contributed by atoms with Gasteiger partial charge in [0, 0.05) is 24.6 Å². The number of nitrogens with one attached hydrogen (secondary N) is 2. The summed E-state index contributed by atoms with van der Waals surface area (Å²) in [5.41, 5.74) is 4.18. The summed E-state index contributed by atoms with van der Waals surface area (Å²) in [6, 6.07) is 11.9. The molecule has 1 unspecified atom stereocenters. The third-order valence-electron chi connectivity index (χ3n) is 4.35. The van der Waals surface area contributed by atoms with Gasteiger partial charge in [0.15, 0.2) is 0 Å². The summed E-state index contributed by atoms with van der Waals surface area (Å²) in [7, 11) is 3.37. The lowest BCUT2D eigenvalue weighted by molar-refractivity contribution is 0.139. The summed E-state index contributed by atoms with van der Waals surface area (Å²) in [4.78, 5) is 26.3. The molecule has 29 heavy (non-hydrogen) atoms. The number of benzene rings is 2. The first-order chi connectivity index (χ1) is 13.9. The monoisotopic (exact) mass is 418 g/mol. The van der Waals surface area contributed by atoms with E-state index in [4.69, 9.17) is 4.74 Å². The van der Waals surface area contributed by atoms with Crippen molar-refractivity contribution >= 4 is 29.6 Å². The van der Waals surface area contributed by atoms with Gasteiger partial charge in [0.25, 0.3) is 0 Å². The number of cyclic esters (lactones) is 1. The van der Waals surface area contributed by atoms with Crippen molar-refractivity contribution in [2.45, 2.75) is 11.0 Å². The molecule has 1 atom stereocenters. The number of halogens is 1. The van der Waals surface area contributed by atoms with Crippen molar-refractivity contribution in [3.8, 4) is 11.1 Å². The fourth-order valence-electron chi connectivity index (χ4n) is 2.96. The molecule has 0 radical (unpaired) electrons. The Balaban J connectivity index is 1.66. The van der Waals surface area contributed by atoms with Crippen LogP contribution in [0.5, 0.6) is 0 Å². The van der Waals surface area contributed by atoms with Crippen LogP contribution in [0.1, 0.15) is 0 Å². The Hall–Kier alpha value is -2.78. The second-order valence-corrected chi connectivity index (χ2v) is 7.60. The molecule has 1 heterocycles. The standard InChI is InChI=1S/C20H23FN4O3S/c1-24(2)23-19(26)22-11-15-12-25(20(27)28-15)14-6-9-17(18(21)10-14)13-4-7-16(29-3)8-5-13/h4-10,15H,11-12H2,1-3H3,(H2,22,23,26). The Labute approximate surface area is 173 Å². The van der Waals surface area contributed by atoms with Crippen molar-refractivity contribution in [2.75, 3.05) is 38.3 Å². The smallest absolute Gasteiger partial charge is 0.414 e. The molecule has 9 heteroatoms. The first-order valence-corrected chi connectivity index (χ1v) is 10.2. The van der Waals surface area contributed by atoms with Gasteiger partial charge >= 0.3 is 12.1 Å². The molecule has 1 saturated heterocycles. The molecule has 2 aromatic rings. The van der Waals surface area contributed by atoms with Crippen molar-refractivity contribution in [3.05, 3.63) is 48.3 Å². The number of thioether (sulfide) groups is 1. The van der Waals surface area contributed by atoms with Crippen molar-refractivity contribution in [1.29, 1.82) is 0 Å². The highest BCUT2D eigenvalue weighted by Gasteiger charge is 2.33. The Morgan fingerprint density at radius 1 is 1.28 bits per heavy atom. The molecule has 3 amide bonds. The average molecular weight is 418 g/mol. The van der Waals surface area contributed by atoms with Gasteiger partial charge in [0.05, 0.1) is 18.8 Å². The van der Waals surface area contributed by atoms with Crippen LogP contribution in [0.25, 0.3) is 11.1 Å². The lowest BCUT2D eigenvalue weighted by atomic mass is 10.0. The highest BCUT2D eigenvalue weighted by molar-refractivity contribution is 7.98. The molecule has 154 valence electrons. The first kappa shape index (κ1) is 20.9. The minimum atomic E-state index is -0.568. The number of carbonyl (C=O) groups excluding carboxylic acids is 2. The van der Waals surface area contributed by atoms with Gasteiger partial charge in [-0.25, -0.2) is 19.0 Å². The van der Waals surface area contributed by atoms with Gasteiger partial charge in [-0.1, -0.05) is 12.1 Å². The van der Waals surface area contributed by atoms with E-state index in [0.29, 0.717) is 11.3 Å². The summed E-state index contributed by atoms with van der Waals surface area (Å²) >= 11 is 1.62. The molecule has 0 aliphatic carbocycles. The van der Waals surface area contributed by atoms with Crippen LogP contribution >= 0.6 is 11.8 Å². The third kappa shape index (κ3) is 5.18. The van der Waals surface area contributed by atoms with Crippen LogP contribution in [-0.2, 0) is 4.74 Å². The van der Waals surface area contributed by atoms with Gasteiger partial charge in [0.2, 0.25) is 0 Å². The molecule has 1 aliphatic heterocycles. The number of anilines is 1. The van der Waals surface area contributed by atoms with Gasteiger partial charge in [-0.15, -0.1) is 11.8 Å². The predicted molar refractivity (Wildman–Crippen MR) is 111 cm³/mol. The van der Waals surface area contributed by atoms with Crippen LogP contribution in [0.2, 0.25) is 0 Å². The lowest BCUT2D eigenvalue weighted by Gasteiger charge is -2.15. The summed E-state index contributed by atoms with van der Waals surface area (Å²) in [5, 5.41) is 4.13. The van der Waals surface area contributed by atoms with Crippen LogP contribution in [-0.4, -0.2) is 56.7 Å². The molecule has 0 spiro atoms. The maximum absolute atomic E-state index is 14.7. The molecule has 0 saturated carbocycles. The second-order valence-electron chi connectivity index (χ2n) is 6.73. The minimum Gasteiger partial charge on any atom is -0.442 e. The average Bonchev–Trinajstić information content (AvgIpc) is 3.06. The van der Waals surface area contributed by atoms with Gasteiger partial charge in [-0.3, -0.25) is 10.3 Å². The zero-order valence-electron chi connectivity index (χ0n) is 16.4. The van der Waals surface area contributed by atoms with E-state index in [2.05, 4.69) is 10.7 Å². The van der Waals surface area contributed by atoms with E-state index >= 15 is 0 Å². The Kier molecular flexibility index (Phi) is 6.60. The molecule has 7 nitrogen and oxygen atoms in total. The third-order valence-corrected chi connectivity index (χ3v) is 5.10. The molecule has 1 fully saturated rings. The number of rotatable bonds is 6. The Morgan fingerprint density at radius 3 is 2.62 bits per heavy atom. The van der Waals surface area contributed by atoms with E-state index in [-0.39, 0.29) is 13.1 Å². The number of amides is 3. The molecular formula is C20H23FN4O3S. The molecule has 0 aromatic heterocycles. The van der Waals surface area contributed by atoms with Crippen LogP contribution in [0.3, 0.4) is 0 Å². The van der Waals surface area contributed by atoms with E-state index < -0.39 is 24.0 Å². The Bertz CT molecular complexity index is 892. The summed E-state index contributed by atoms with van der Waals surface area (Å²) in [6.07, 6.45) is 0.898. The summed E-state index contributed by atoms with van der Waals surface area (Å²) in [5.74, 6) is -0.417. The van der Waals surface area contributed by atoms with Gasteiger partial charge < -0.3 is 10.1 Å². The minimum absolute atomic E-state index is 0.157. The molecule has 3 rings (SSSR count). The van der Waals surface area contributed by atoms with Gasteiger partial charge in [0.1, 0.15) is 11.9 Å². The number of hydrogen-bond acceptors (Lipinski definition) is 5. The van der Waals surface area contributed by atoms with E-state index in [1.54, 1.807) is 38.0 Å². The molecule has 0 bridgehead atoms. The number of ether oxygens (including phenoxy) is 1. The van der Waals surface area contributed by atoms with Crippen LogP contribution in [0, 0.1) is 5.82 Å². The topological polar surface area (TPSA) is 73.9 Å². The fourth-order valence-corrected chi connectivity index (χ4v) is 3.37. The molecule has 2 N–H and O–H groups in total. The Morgan fingerprint density at radius 2 is 2.00 bits per heavy atom.